The Morgan fingerprint density at radius 1 is 1.37 bits per heavy atom. The molecule has 1 saturated heterocycles. The van der Waals surface area contributed by atoms with Gasteiger partial charge in [0.05, 0.1) is 13.2 Å². The molecule has 2 atom stereocenters. The predicted octanol–water partition coefficient (Wildman–Crippen LogP) is 2.39. The van der Waals surface area contributed by atoms with Crippen molar-refractivity contribution in [2.45, 2.75) is 38.8 Å². The molecule has 1 aliphatic carbocycles. The van der Waals surface area contributed by atoms with Crippen molar-refractivity contribution in [1.82, 2.24) is 4.90 Å². The van der Waals surface area contributed by atoms with Gasteiger partial charge in [-0.15, -0.1) is 0 Å². The summed E-state index contributed by atoms with van der Waals surface area (Å²) in [4.78, 5) is 2.46. The lowest BCUT2D eigenvalue weighted by atomic mass is 9.93. The molecule has 1 fully saturated rings. The van der Waals surface area contributed by atoms with Crippen molar-refractivity contribution in [1.29, 1.82) is 0 Å². The minimum Gasteiger partial charge on any atom is -0.497 e. The van der Waals surface area contributed by atoms with E-state index in [4.69, 9.17) is 4.74 Å². The first-order valence-electron chi connectivity index (χ1n) is 7.09. The lowest BCUT2D eigenvalue weighted by Crippen LogP contribution is -2.37. The summed E-state index contributed by atoms with van der Waals surface area (Å²) in [5.74, 6) is 0.834. The summed E-state index contributed by atoms with van der Waals surface area (Å²) < 4.78 is 5.26. The van der Waals surface area contributed by atoms with Gasteiger partial charge < -0.3 is 9.84 Å². The van der Waals surface area contributed by atoms with Crippen LogP contribution in [-0.4, -0.2) is 36.2 Å². The average Bonchev–Trinajstić information content (AvgIpc) is 2.90. The highest BCUT2D eigenvalue weighted by atomic mass is 16.5. The van der Waals surface area contributed by atoms with Gasteiger partial charge in [-0.2, -0.15) is 0 Å². The van der Waals surface area contributed by atoms with Gasteiger partial charge in [0, 0.05) is 12.6 Å². The minimum absolute atomic E-state index is 0.240. The third-order valence-corrected chi connectivity index (χ3v) is 4.64. The van der Waals surface area contributed by atoms with E-state index in [1.165, 1.54) is 12.0 Å². The van der Waals surface area contributed by atoms with Gasteiger partial charge >= 0.3 is 0 Å². The molecule has 1 aromatic rings. The van der Waals surface area contributed by atoms with Crippen molar-refractivity contribution >= 4 is 0 Å². The number of aliphatic hydroxyl groups is 1. The van der Waals surface area contributed by atoms with Crippen molar-refractivity contribution < 1.29 is 9.84 Å². The largest absolute Gasteiger partial charge is 0.497 e. The highest BCUT2D eigenvalue weighted by Crippen LogP contribution is 2.40. The summed E-state index contributed by atoms with van der Waals surface area (Å²) in [6, 6.07) is 6.31. The minimum atomic E-state index is -0.376. The second-order valence-electron chi connectivity index (χ2n) is 6.67. The zero-order chi connectivity index (χ0) is 13.6. The molecule has 0 aromatic heterocycles. The third kappa shape index (κ3) is 2.26. The zero-order valence-electron chi connectivity index (χ0n) is 12.0. The number of methoxy groups -OCH3 is 1. The van der Waals surface area contributed by atoms with Crippen LogP contribution in [0.15, 0.2) is 18.2 Å². The van der Waals surface area contributed by atoms with Crippen LogP contribution in [0.1, 0.15) is 37.5 Å². The van der Waals surface area contributed by atoms with Gasteiger partial charge in [-0.3, -0.25) is 4.90 Å². The molecule has 2 aliphatic rings. The first kappa shape index (κ1) is 12.9. The second kappa shape index (κ2) is 4.50. The van der Waals surface area contributed by atoms with Crippen LogP contribution >= 0.6 is 0 Å². The fourth-order valence-electron chi connectivity index (χ4n) is 3.47. The van der Waals surface area contributed by atoms with Crippen molar-refractivity contribution in [3.63, 3.8) is 0 Å². The quantitative estimate of drug-likeness (QED) is 0.887. The maximum atomic E-state index is 10.6. The molecule has 0 bridgehead atoms. The van der Waals surface area contributed by atoms with E-state index < -0.39 is 0 Å². The van der Waals surface area contributed by atoms with E-state index in [9.17, 15) is 5.11 Å². The maximum Gasteiger partial charge on any atom is 0.119 e. The van der Waals surface area contributed by atoms with Gasteiger partial charge in [-0.1, -0.05) is 19.9 Å². The second-order valence-corrected chi connectivity index (χ2v) is 6.67. The Hall–Kier alpha value is -1.06. The van der Waals surface area contributed by atoms with Gasteiger partial charge in [-0.05, 0) is 48.1 Å². The monoisotopic (exact) mass is 261 g/mol. The molecular formula is C16H23NO2. The van der Waals surface area contributed by atoms with E-state index >= 15 is 0 Å². The molecule has 3 rings (SSSR count). The Bertz CT molecular complexity index is 484. The number of rotatable bonds is 2. The Kier molecular flexibility index (Phi) is 3.06. The number of benzene rings is 1. The Morgan fingerprint density at radius 3 is 2.79 bits per heavy atom. The number of hydrogen-bond acceptors (Lipinski definition) is 3. The van der Waals surface area contributed by atoms with Crippen molar-refractivity contribution in [2.24, 2.45) is 5.41 Å². The number of fused-ring (bicyclic) bond motifs is 1. The summed E-state index contributed by atoms with van der Waals surface area (Å²) in [6.07, 6.45) is 1.80. The van der Waals surface area contributed by atoms with Gasteiger partial charge in [-0.25, -0.2) is 0 Å². The van der Waals surface area contributed by atoms with Gasteiger partial charge in [0.25, 0.3) is 0 Å². The van der Waals surface area contributed by atoms with E-state index in [0.29, 0.717) is 5.41 Å². The molecule has 0 saturated carbocycles. The SMILES string of the molecule is COc1ccc2c(c1)C(O)C(N1CCC(C)(C)C1)C2. The van der Waals surface area contributed by atoms with Crippen LogP contribution in [0.25, 0.3) is 0 Å². The average molecular weight is 261 g/mol. The number of aliphatic hydroxyl groups excluding tert-OH is 1. The third-order valence-electron chi connectivity index (χ3n) is 4.64. The van der Waals surface area contributed by atoms with Gasteiger partial charge in [0.1, 0.15) is 5.75 Å². The molecule has 0 amide bonds. The van der Waals surface area contributed by atoms with Crippen molar-refractivity contribution in [3.8, 4) is 5.75 Å². The predicted molar refractivity (Wildman–Crippen MR) is 75.4 cm³/mol. The molecule has 1 N–H and O–H groups in total. The Labute approximate surface area is 115 Å². The van der Waals surface area contributed by atoms with Crippen LogP contribution in [-0.2, 0) is 6.42 Å². The summed E-state index contributed by atoms with van der Waals surface area (Å²) in [5, 5.41) is 10.6. The Balaban J connectivity index is 1.81. The topological polar surface area (TPSA) is 32.7 Å². The van der Waals surface area contributed by atoms with E-state index in [-0.39, 0.29) is 12.1 Å². The smallest absolute Gasteiger partial charge is 0.119 e. The van der Waals surface area contributed by atoms with E-state index in [0.717, 1.165) is 30.8 Å². The Morgan fingerprint density at radius 2 is 2.16 bits per heavy atom. The molecule has 3 nitrogen and oxygen atoms in total. The maximum absolute atomic E-state index is 10.6. The van der Waals surface area contributed by atoms with Gasteiger partial charge in [0.2, 0.25) is 0 Å². The molecule has 0 radical (unpaired) electrons. The van der Waals surface area contributed by atoms with Crippen LogP contribution in [0.3, 0.4) is 0 Å². The van der Waals surface area contributed by atoms with Crippen LogP contribution in [0.2, 0.25) is 0 Å². The molecule has 19 heavy (non-hydrogen) atoms. The lowest BCUT2D eigenvalue weighted by Gasteiger charge is -2.28. The van der Waals surface area contributed by atoms with Crippen molar-refractivity contribution in [2.75, 3.05) is 20.2 Å². The standard InChI is InChI=1S/C16H23NO2/c1-16(2)6-7-17(10-16)14-8-11-4-5-12(19-3)9-13(11)15(14)18/h4-5,9,14-15,18H,6-8,10H2,1-3H3. The molecule has 1 aromatic carbocycles. The van der Waals surface area contributed by atoms with Gasteiger partial charge in [0.15, 0.2) is 0 Å². The van der Waals surface area contributed by atoms with Crippen molar-refractivity contribution in [3.05, 3.63) is 29.3 Å². The summed E-state index contributed by atoms with van der Waals surface area (Å²) in [6.45, 7) is 6.80. The molecule has 2 unspecified atom stereocenters. The fraction of sp³-hybridized carbons (Fsp3) is 0.625. The normalized spacial score (nSPS) is 29.5. The van der Waals surface area contributed by atoms with Crippen LogP contribution in [0.4, 0.5) is 0 Å². The van der Waals surface area contributed by atoms with Crippen LogP contribution in [0.5, 0.6) is 5.75 Å². The van der Waals surface area contributed by atoms with E-state index in [1.54, 1.807) is 7.11 Å². The zero-order valence-corrected chi connectivity index (χ0v) is 12.0. The first-order chi connectivity index (χ1) is 9.00. The molecule has 1 aliphatic heterocycles. The number of hydrogen-bond donors (Lipinski definition) is 1. The molecule has 0 spiro atoms. The van der Waals surface area contributed by atoms with Crippen LogP contribution in [0, 0.1) is 5.41 Å². The summed E-state index contributed by atoms with van der Waals surface area (Å²) >= 11 is 0. The first-order valence-corrected chi connectivity index (χ1v) is 7.09. The van der Waals surface area contributed by atoms with Crippen LogP contribution < -0.4 is 4.74 Å². The lowest BCUT2D eigenvalue weighted by molar-refractivity contribution is 0.0694. The molecule has 1 heterocycles. The highest BCUT2D eigenvalue weighted by molar-refractivity contribution is 5.42. The number of ether oxygens (including phenoxy) is 1. The highest BCUT2D eigenvalue weighted by Gasteiger charge is 2.40. The molecular weight excluding hydrogens is 238 g/mol. The van der Waals surface area contributed by atoms with E-state index in [2.05, 4.69) is 24.8 Å². The summed E-state index contributed by atoms with van der Waals surface area (Å²) in [7, 11) is 1.67. The summed E-state index contributed by atoms with van der Waals surface area (Å²) in [5.41, 5.74) is 2.70. The fourth-order valence-corrected chi connectivity index (χ4v) is 3.47. The molecule has 104 valence electrons. The van der Waals surface area contributed by atoms with E-state index in [1.807, 2.05) is 12.1 Å². The molecule has 3 heteroatoms. The number of likely N-dealkylation sites (tertiary alicyclic amines) is 1. The number of nitrogens with zero attached hydrogens (tertiary/aromatic N) is 1.